The predicted octanol–water partition coefficient (Wildman–Crippen LogP) is 2.51. The van der Waals surface area contributed by atoms with Crippen LogP contribution in [0.5, 0.6) is 11.6 Å². The Balaban J connectivity index is 2.04. The summed E-state index contributed by atoms with van der Waals surface area (Å²) in [4.78, 5) is 24.4. The van der Waals surface area contributed by atoms with Crippen molar-refractivity contribution in [1.82, 2.24) is 4.57 Å². The minimum atomic E-state index is -0.942. The van der Waals surface area contributed by atoms with Gasteiger partial charge < -0.3 is 14.3 Å². The molecule has 6 nitrogen and oxygen atoms in total. The van der Waals surface area contributed by atoms with Crippen LogP contribution in [0.15, 0.2) is 63.8 Å². The molecule has 2 aromatic carbocycles. The van der Waals surface area contributed by atoms with Crippen LogP contribution in [0, 0.1) is 0 Å². The highest BCUT2D eigenvalue weighted by atomic mass is 16.5. The molecule has 0 amide bonds. The van der Waals surface area contributed by atoms with E-state index in [2.05, 4.69) is 0 Å². The van der Waals surface area contributed by atoms with Gasteiger partial charge in [-0.15, -0.1) is 0 Å². The largest absolute Gasteiger partial charge is 0.497 e. The Labute approximate surface area is 131 Å². The molecule has 0 radical (unpaired) electrons. The number of carbonyl (C=O) groups excluding carboxylic acids is 1. The Hall–Kier alpha value is -3.28. The first-order valence-corrected chi connectivity index (χ1v) is 6.81. The van der Waals surface area contributed by atoms with E-state index in [9.17, 15) is 14.7 Å². The summed E-state index contributed by atoms with van der Waals surface area (Å²) in [7, 11) is 1.51. The van der Waals surface area contributed by atoms with Gasteiger partial charge in [-0.1, -0.05) is 30.3 Å². The molecule has 1 N–H and O–H groups in total. The van der Waals surface area contributed by atoms with E-state index in [-0.39, 0.29) is 11.3 Å². The van der Waals surface area contributed by atoms with Crippen molar-refractivity contribution >= 4 is 5.91 Å². The zero-order valence-corrected chi connectivity index (χ0v) is 12.2. The van der Waals surface area contributed by atoms with E-state index >= 15 is 0 Å². The van der Waals surface area contributed by atoms with Crippen LogP contribution in [0.1, 0.15) is 10.4 Å². The van der Waals surface area contributed by atoms with Gasteiger partial charge in [0.25, 0.3) is 5.91 Å². The molecule has 0 saturated carbocycles. The fourth-order valence-electron chi connectivity index (χ4n) is 2.19. The highest BCUT2D eigenvalue weighted by Crippen LogP contribution is 2.28. The summed E-state index contributed by atoms with van der Waals surface area (Å²) in [5.41, 5.74) is 0.729. The van der Waals surface area contributed by atoms with E-state index in [1.165, 1.54) is 19.2 Å². The number of benzene rings is 2. The summed E-state index contributed by atoms with van der Waals surface area (Å²) in [6.07, 6.45) is 0. The van der Waals surface area contributed by atoms with Gasteiger partial charge in [-0.05, 0) is 24.3 Å². The molecule has 1 heterocycles. The second-order valence-electron chi connectivity index (χ2n) is 4.76. The molecule has 0 bridgehead atoms. The summed E-state index contributed by atoms with van der Waals surface area (Å²) in [5.74, 6) is -1.61. The number of aromatic hydroxyl groups is 1. The van der Waals surface area contributed by atoms with E-state index in [0.29, 0.717) is 15.9 Å². The average Bonchev–Trinajstić information content (AvgIpc) is 2.89. The van der Waals surface area contributed by atoms with Gasteiger partial charge in [-0.25, -0.2) is 4.79 Å². The standard InChI is InChI=1S/C17H13NO5/c1-22-13-9-7-12(8-10-13)15(19)18-16(20)14(23-17(18)21)11-5-3-2-4-6-11/h2-10,20H,1H3. The van der Waals surface area contributed by atoms with Crippen molar-refractivity contribution in [3.8, 4) is 23.0 Å². The number of oxazole rings is 1. The summed E-state index contributed by atoms with van der Waals surface area (Å²) < 4.78 is 10.6. The molecule has 0 spiro atoms. The molecule has 0 aliphatic heterocycles. The van der Waals surface area contributed by atoms with Crippen molar-refractivity contribution in [1.29, 1.82) is 0 Å². The monoisotopic (exact) mass is 311 g/mol. The van der Waals surface area contributed by atoms with E-state index in [1.54, 1.807) is 42.5 Å². The Morgan fingerprint density at radius 3 is 2.35 bits per heavy atom. The van der Waals surface area contributed by atoms with Crippen molar-refractivity contribution in [3.05, 3.63) is 70.7 Å². The third-order valence-corrected chi connectivity index (χ3v) is 3.36. The predicted molar refractivity (Wildman–Crippen MR) is 82.8 cm³/mol. The summed E-state index contributed by atoms with van der Waals surface area (Å²) in [6, 6.07) is 14.8. The smallest absolute Gasteiger partial charge is 0.429 e. The van der Waals surface area contributed by atoms with Crippen LogP contribution >= 0.6 is 0 Å². The topological polar surface area (TPSA) is 81.7 Å². The molecular weight excluding hydrogens is 298 g/mol. The van der Waals surface area contributed by atoms with Gasteiger partial charge in [0.15, 0.2) is 0 Å². The first-order valence-electron chi connectivity index (χ1n) is 6.81. The van der Waals surface area contributed by atoms with Crippen LogP contribution in [0.3, 0.4) is 0 Å². The highest BCUT2D eigenvalue weighted by molar-refractivity contribution is 5.97. The van der Waals surface area contributed by atoms with Gasteiger partial charge in [0.2, 0.25) is 11.6 Å². The van der Waals surface area contributed by atoms with Crippen LogP contribution in [0.25, 0.3) is 11.3 Å². The summed E-state index contributed by atoms with van der Waals surface area (Å²) in [6.45, 7) is 0. The van der Waals surface area contributed by atoms with E-state index in [4.69, 9.17) is 9.15 Å². The summed E-state index contributed by atoms with van der Waals surface area (Å²) in [5, 5.41) is 10.2. The molecule has 0 atom stereocenters. The molecule has 0 fully saturated rings. The Morgan fingerprint density at radius 2 is 1.74 bits per heavy atom. The molecule has 1 aromatic heterocycles. The Morgan fingerprint density at radius 1 is 1.09 bits per heavy atom. The highest BCUT2D eigenvalue weighted by Gasteiger charge is 2.23. The van der Waals surface area contributed by atoms with Gasteiger partial charge in [0.05, 0.1) is 7.11 Å². The molecule has 0 saturated heterocycles. The lowest BCUT2D eigenvalue weighted by Crippen LogP contribution is -2.22. The molecule has 23 heavy (non-hydrogen) atoms. The molecule has 0 aliphatic carbocycles. The number of ether oxygens (including phenoxy) is 1. The number of hydrogen-bond acceptors (Lipinski definition) is 5. The molecule has 3 aromatic rings. The molecule has 3 rings (SSSR count). The lowest BCUT2D eigenvalue weighted by Gasteiger charge is -2.03. The Bertz CT molecular complexity index is 891. The van der Waals surface area contributed by atoms with Crippen molar-refractivity contribution in [2.24, 2.45) is 0 Å². The molecule has 0 unspecified atom stereocenters. The molecule has 6 heteroatoms. The maximum absolute atomic E-state index is 12.4. The molecule has 0 aliphatic rings. The van der Waals surface area contributed by atoms with Gasteiger partial charge in [-0.3, -0.25) is 4.79 Å². The normalized spacial score (nSPS) is 10.5. The number of aromatic nitrogens is 1. The lowest BCUT2D eigenvalue weighted by molar-refractivity contribution is 0.0943. The van der Waals surface area contributed by atoms with Crippen molar-refractivity contribution in [3.63, 3.8) is 0 Å². The van der Waals surface area contributed by atoms with Crippen molar-refractivity contribution < 1.29 is 19.1 Å². The van der Waals surface area contributed by atoms with Crippen LogP contribution in [0.4, 0.5) is 0 Å². The van der Waals surface area contributed by atoms with Crippen LogP contribution < -0.4 is 10.5 Å². The number of nitrogens with zero attached hydrogens (tertiary/aromatic N) is 1. The maximum atomic E-state index is 12.4. The van der Waals surface area contributed by atoms with E-state index in [0.717, 1.165) is 0 Å². The minimum Gasteiger partial charge on any atom is -0.497 e. The number of rotatable bonds is 3. The van der Waals surface area contributed by atoms with Crippen molar-refractivity contribution in [2.45, 2.75) is 0 Å². The van der Waals surface area contributed by atoms with Crippen molar-refractivity contribution in [2.75, 3.05) is 7.11 Å². The number of hydrogen-bond donors (Lipinski definition) is 1. The summed E-state index contributed by atoms with van der Waals surface area (Å²) >= 11 is 0. The quantitative estimate of drug-likeness (QED) is 0.803. The van der Waals surface area contributed by atoms with Crippen LogP contribution in [-0.2, 0) is 0 Å². The van der Waals surface area contributed by atoms with Gasteiger partial charge >= 0.3 is 5.76 Å². The first kappa shape index (κ1) is 14.6. The van der Waals surface area contributed by atoms with Gasteiger partial charge in [0, 0.05) is 11.1 Å². The van der Waals surface area contributed by atoms with Gasteiger partial charge in [0.1, 0.15) is 5.75 Å². The van der Waals surface area contributed by atoms with E-state index in [1.807, 2.05) is 0 Å². The Kier molecular flexibility index (Phi) is 3.72. The lowest BCUT2D eigenvalue weighted by atomic mass is 10.2. The van der Waals surface area contributed by atoms with Crippen LogP contribution in [-0.4, -0.2) is 22.7 Å². The average molecular weight is 311 g/mol. The third-order valence-electron chi connectivity index (χ3n) is 3.36. The molecule has 116 valence electrons. The zero-order valence-electron chi connectivity index (χ0n) is 12.2. The molecular formula is C17H13NO5. The minimum absolute atomic E-state index is 0.0440. The van der Waals surface area contributed by atoms with Gasteiger partial charge in [-0.2, -0.15) is 4.57 Å². The maximum Gasteiger partial charge on any atom is 0.429 e. The first-order chi connectivity index (χ1) is 11.1. The SMILES string of the molecule is COc1ccc(C(=O)n2c(O)c(-c3ccccc3)oc2=O)cc1. The zero-order chi connectivity index (χ0) is 16.4. The second-order valence-corrected chi connectivity index (χ2v) is 4.76. The second kappa shape index (κ2) is 5.84. The van der Waals surface area contributed by atoms with Crippen LogP contribution in [0.2, 0.25) is 0 Å². The number of carbonyl (C=O) groups is 1. The van der Waals surface area contributed by atoms with E-state index < -0.39 is 17.5 Å². The third kappa shape index (κ3) is 2.62. The fourth-order valence-corrected chi connectivity index (χ4v) is 2.19. The fraction of sp³-hybridized carbons (Fsp3) is 0.0588. The number of methoxy groups -OCH3 is 1.